The summed E-state index contributed by atoms with van der Waals surface area (Å²) in [5, 5.41) is 10.7. The number of ether oxygens (including phenoxy) is 1. The first-order chi connectivity index (χ1) is 14.7. The Hall–Kier alpha value is -2.21. The first kappa shape index (κ1) is 19.7. The number of nitrogens with zero attached hydrogens (tertiary/aromatic N) is 2. The van der Waals surface area contributed by atoms with Crippen molar-refractivity contribution in [3.05, 3.63) is 70.3 Å². The van der Waals surface area contributed by atoms with Gasteiger partial charge in [-0.3, -0.25) is 9.69 Å². The van der Waals surface area contributed by atoms with Crippen LogP contribution in [0.4, 0.5) is 0 Å². The summed E-state index contributed by atoms with van der Waals surface area (Å²) in [4.78, 5) is 17.2. The van der Waals surface area contributed by atoms with Gasteiger partial charge in [-0.25, -0.2) is 0 Å². The molecular formula is C25H30N2O3. The second-order valence-corrected chi connectivity index (χ2v) is 9.01. The zero-order chi connectivity index (χ0) is 20.5. The lowest BCUT2D eigenvalue weighted by Gasteiger charge is -2.34. The van der Waals surface area contributed by atoms with Crippen molar-refractivity contribution in [1.82, 2.24) is 9.80 Å². The van der Waals surface area contributed by atoms with E-state index in [1.807, 2.05) is 4.90 Å². The summed E-state index contributed by atoms with van der Waals surface area (Å²) in [6.45, 7) is 5.16. The molecule has 3 aliphatic heterocycles. The van der Waals surface area contributed by atoms with Crippen LogP contribution >= 0.6 is 0 Å². The number of hydrogen-bond acceptors (Lipinski definition) is 4. The van der Waals surface area contributed by atoms with Crippen molar-refractivity contribution in [3.63, 3.8) is 0 Å². The average Bonchev–Trinajstić information content (AvgIpc) is 2.73. The lowest BCUT2D eigenvalue weighted by Crippen LogP contribution is -2.46. The Kier molecular flexibility index (Phi) is 5.59. The molecule has 1 fully saturated rings. The molecule has 5 heteroatoms. The number of rotatable bonds is 6. The van der Waals surface area contributed by atoms with E-state index in [-0.39, 0.29) is 5.91 Å². The van der Waals surface area contributed by atoms with Gasteiger partial charge in [0.15, 0.2) is 0 Å². The van der Waals surface area contributed by atoms with Gasteiger partial charge in [-0.05, 0) is 47.6 Å². The van der Waals surface area contributed by atoms with Crippen molar-refractivity contribution in [3.8, 4) is 0 Å². The maximum Gasteiger partial charge on any atom is 0.254 e. The van der Waals surface area contributed by atoms with Gasteiger partial charge in [0, 0.05) is 44.2 Å². The van der Waals surface area contributed by atoms with E-state index in [2.05, 4.69) is 47.4 Å². The Morgan fingerprint density at radius 3 is 2.60 bits per heavy atom. The highest BCUT2D eigenvalue weighted by atomic mass is 16.5. The van der Waals surface area contributed by atoms with Gasteiger partial charge >= 0.3 is 0 Å². The Balaban J connectivity index is 1.20. The molecule has 1 amide bonds. The molecule has 0 spiro atoms. The third-order valence-electron chi connectivity index (χ3n) is 6.68. The normalized spacial score (nSPS) is 20.4. The maximum atomic E-state index is 13.1. The van der Waals surface area contributed by atoms with Crippen LogP contribution in [0.2, 0.25) is 0 Å². The molecule has 0 saturated carbocycles. The number of benzene rings is 2. The largest absolute Gasteiger partial charge is 0.390 e. The summed E-state index contributed by atoms with van der Waals surface area (Å²) in [5.41, 5.74) is 5.92. The number of aliphatic hydroxyl groups excluding tert-OH is 1. The van der Waals surface area contributed by atoms with Crippen LogP contribution < -0.4 is 0 Å². The molecule has 30 heavy (non-hydrogen) atoms. The van der Waals surface area contributed by atoms with E-state index >= 15 is 0 Å². The molecule has 5 rings (SSSR count). The fraction of sp³-hybridized carbons (Fsp3) is 0.480. The van der Waals surface area contributed by atoms with Crippen LogP contribution in [-0.4, -0.2) is 66.3 Å². The molecular weight excluding hydrogens is 376 g/mol. The van der Waals surface area contributed by atoms with Gasteiger partial charge in [0.25, 0.3) is 5.91 Å². The molecule has 0 radical (unpaired) electrons. The maximum absolute atomic E-state index is 13.1. The lowest BCUT2D eigenvalue weighted by atomic mass is 9.92. The molecule has 0 aromatic heterocycles. The Labute approximate surface area is 178 Å². The molecule has 2 aromatic rings. The minimum absolute atomic E-state index is 0.0611. The molecule has 1 atom stereocenters. The van der Waals surface area contributed by atoms with Crippen molar-refractivity contribution in [2.75, 3.05) is 39.4 Å². The van der Waals surface area contributed by atoms with Gasteiger partial charge in [-0.1, -0.05) is 36.4 Å². The first-order valence-electron chi connectivity index (χ1n) is 11.1. The van der Waals surface area contributed by atoms with Crippen molar-refractivity contribution in [1.29, 1.82) is 0 Å². The van der Waals surface area contributed by atoms with E-state index < -0.39 is 6.10 Å². The smallest absolute Gasteiger partial charge is 0.254 e. The summed E-state index contributed by atoms with van der Waals surface area (Å²) in [7, 11) is 0. The van der Waals surface area contributed by atoms with Crippen LogP contribution in [-0.2, 0) is 30.5 Å². The zero-order valence-electron chi connectivity index (χ0n) is 17.4. The minimum atomic E-state index is -0.531. The number of carbonyl (C=O) groups is 1. The molecule has 1 unspecified atom stereocenters. The number of carbonyl (C=O) groups excluding carboxylic acids is 1. The van der Waals surface area contributed by atoms with E-state index in [1.54, 1.807) is 0 Å². The van der Waals surface area contributed by atoms with Gasteiger partial charge in [0.05, 0.1) is 19.3 Å². The van der Waals surface area contributed by atoms with Crippen molar-refractivity contribution >= 4 is 5.91 Å². The van der Waals surface area contributed by atoms with Crippen LogP contribution in [0.3, 0.4) is 0 Å². The van der Waals surface area contributed by atoms with Gasteiger partial charge in [-0.15, -0.1) is 0 Å². The molecule has 0 aliphatic carbocycles. The fourth-order valence-electron chi connectivity index (χ4n) is 4.93. The Morgan fingerprint density at radius 1 is 1.00 bits per heavy atom. The lowest BCUT2D eigenvalue weighted by molar-refractivity contribution is -0.0312. The van der Waals surface area contributed by atoms with E-state index in [0.29, 0.717) is 25.6 Å². The predicted octanol–water partition coefficient (Wildman–Crippen LogP) is 2.29. The third kappa shape index (κ3) is 4.15. The number of β-amino-alcohol motifs (C(OH)–C–C–N with tert-alkyl or cyclic N) is 1. The second kappa shape index (κ2) is 8.50. The average molecular weight is 407 g/mol. The van der Waals surface area contributed by atoms with Crippen molar-refractivity contribution in [2.24, 2.45) is 5.92 Å². The molecule has 3 heterocycles. The molecule has 158 valence electrons. The zero-order valence-corrected chi connectivity index (χ0v) is 17.4. The molecule has 1 N–H and O–H groups in total. The molecule has 2 aromatic carbocycles. The Morgan fingerprint density at radius 2 is 1.80 bits per heavy atom. The topological polar surface area (TPSA) is 53.0 Å². The second-order valence-electron chi connectivity index (χ2n) is 9.01. The van der Waals surface area contributed by atoms with Crippen LogP contribution in [0.15, 0.2) is 42.5 Å². The fourth-order valence-corrected chi connectivity index (χ4v) is 4.93. The van der Waals surface area contributed by atoms with Gasteiger partial charge < -0.3 is 14.7 Å². The monoisotopic (exact) mass is 406 g/mol. The summed E-state index contributed by atoms with van der Waals surface area (Å²) < 4.78 is 5.28. The minimum Gasteiger partial charge on any atom is -0.390 e. The number of hydrogen-bond donors (Lipinski definition) is 1. The Bertz CT molecular complexity index is 924. The SMILES string of the molecule is O=C1c2cc(CC3COC3)ccc2CCN1CC(O)CN1CCc2ccccc2C1. The molecule has 0 bridgehead atoms. The third-order valence-corrected chi connectivity index (χ3v) is 6.68. The first-order valence-corrected chi connectivity index (χ1v) is 11.1. The van der Waals surface area contributed by atoms with Gasteiger partial charge in [0.1, 0.15) is 0 Å². The number of amides is 1. The van der Waals surface area contributed by atoms with Crippen LogP contribution in [0.5, 0.6) is 0 Å². The summed E-state index contributed by atoms with van der Waals surface area (Å²) >= 11 is 0. The van der Waals surface area contributed by atoms with Gasteiger partial charge in [0.2, 0.25) is 0 Å². The summed E-state index contributed by atoms with van der Waals surface area (Å²) in [5.74, 6) is 0.639. The quantitative estimate of drug-likeness (QED) is 0.800. The molecule has 1 saturated heterocycles. The molecule has 3 aliphatic rings. The standard InChI is InChI=1S/C25H30N2O3/c28-23(14-26-9-7-20-3-1-2-4-22(20)13-26)15-27-10-8-21-6-5-18(11-19-16-30-17-19)12-24(21)25(27)29/h1-6,12,19,23,28H,7-11,13-17H2. The van der Waals surface area contributed by atoms with E-state index in [1.165, 1.54) is 16.7 Å². The van der Waals surface area contributed by atoms with Crippen molar-refractivity contribution < 1.29 is 14.6 Å². The van der Waals surface area contributed by atoms with Gasteiger partial charge in [-0.2, -0.15) is 0 Å². The number of aliphatic hydroxyl groups is 1. The van der Waals surface area contributed by atoms with Crippen LogP contribution in [0.1, 0.15) is 32.6 Å². The summed E-state index contributed by atoms with van der Waals surface area (Å²) in [6, 6.07) is 14.9. The van der Waals surface area contributed by atoms with E-state index in [4.69, 9.17) is 4.74 Å². The highest BCUT2D eigenvalue weighted by Crippen LogP contribution is 2.24. The highest BCUT2D eigenvalue weighted by Gasteiger charge is 2.28. The van der Waals surface area contributed by atoms with E-state index in [9.17, 15) is 9.90 Å². The van der Waals surface area contributed by atoms with Crippen LogP contribution in [0, 0.1) is 5.92 Å². The summed E-state index contributed by atoms with van der Waals surface area (Å²) in [6.07, 6.45) is 2.32. The molecule has 5 nitrogen and oxygen atoms in total. The van der Waals surface area contributed by atoms with E-state index in [0.717, 1.165) is 56.7 Å². The predicted molar refractivity (Wildman–Crippen MR) is 115 cm³/mol. The van der Waals surface area contributed by atoms with Crippen molar-refractivity contribution in [2.45, 2.75) is 31.9 Å². The highest BCUT2D eigenvalue weighted by molar-refractivity contribution is 5.97. The van der Waals surface area contributed by atoms with Crippen LogP contribution in [0.25, 0.3) is 0 Å². The number of fused-ring (bicyclic) bond motifs is 2.